The molecule has 13 heavy (non-hydrogen) atoms. The van der Waals surface area contributed by atoms with E-state index in [2.05, 4.69) is 5.32 Å². The molecule has 78 valence electrons. The van der Waals surface area contributed by atoms with Crippen molar-refractivity contribution in [2.24, 2.45) is 11.1 Å². The summed E-state index contributed by atoms with van der Waals surface area (Å²) in [5, 5.41) is 2.86. The summed E-state index contributed by atoms with van der Waals surface area (Å²) in [5.41, 5.74) is 5.40. The first kappa shape index (κ1) is 12.4. The third-order valence-electron chi connectivity index (χ3n) is 1.71. The molecule has 0 rings (SSSR count). The second-order valence-corrected chi connectivity index (χ2v) is 5.58. The quantitative estimate of drug-likeness (QED) is 0.648. The van der Waals surface area contributed by atoms with Crippen LogP contribution in [0.3, 0.4) is 0 Å². The highest BCUT2D eigenvalue weighted by Crippen LogP contribution is 2.17. The third kappa shape index (κ3) is 4.88. The molecular weight excluding hydrogens is 164 g/mol. The molecular formula is C10H22N2O. The first-order valence-corrected chi connectivity index (χ1v) is 4.61. The van der Waals surface area contributed by atoms with Crippen molar-refractivity contribution in [3.05, 3.63) is 0 Å². The van der Waals surface area contributed by atoms with Crippen LogP contribution in [-0.2, 0) is 4.79 Å². The Morgan fingerprint density at radius 3 is 1.77 bits per heavy atom. The van der Waals surface area contributed by atoms with Crippen molar-refractivity contribution < 1.29 is 4.79 Å². The predicted molar refractivity (Wildman–Crippen MR) is 55.3 cm³/mol. The summed E-state index contributed by atoms with van der Waals surface area (Å²) in [6.07, 6.45) is 0. The molecule has 0 heterocycles. The third-order valence-corrected chi connectivity index (χ3v) is 1.71. The minimum Gasteiger partial charge on any atom is -0.350 e. The van der Waals surface area contributed by atoms with E-state index in [1.165, 1.54) is 0 Å². The Hall–Kier alpha value is -0.570. The van der Waals surface area contributed by atoms with Gasteiger partial charge in [0.2, 0.25) is 5.91 Å². The van der Waals surface area contributed by atoms with E-state index in [4.69, 9.17) is 5.73 Å². The van der Waals surface area contributed by atoms with E-state index in [9.17, 15) is 4.79 Å². The standard InChI is InChI=1S/C10H22N2O/c1-9(2,3)7(11)8(13)12-10(4,5)6/h7H,11H2,1-6H3,(H,12,13). The molecule has 0 aliphatic heterocycles. The molecule has 0 aliphatic rings. The molecule has 0 radical (unpaired) electrons. The van der Waals surface area contributed by atoms with Gasteiger partial charge < -0.3 is 11.1 Å². The molecule has 3 nitrogen and oxygen atoms in total. The molecule has 1 unspecified atom stereocenters. The lowest BCUT2D eigenvalue weighted by molar-refractivity contribution is -0.125. The Labute approximate surface area is 81.1 Å². The van der Waals surface area contributed by atoms with Crippen LogP contribution >= 0.6 is 0 Å². The van der Waals surface area contributed by atoms with Crippen LogP contribution in [0, 0.1) is 5.41 Å². The minimum absolute atomic E-state index is 0.0833. The molecule has 0 fully saturated rings. The lowest BCUT2D eigenvalue weighted by Gasteiger charge is -2.29. The van der Waals surface area contributed by atoms with Gasteiger partial charge in [0.1, 0.15) is 0 Å². The molecule has 3 heteroatoms. The second kappa shape index (κ2) is 3.66. The van der Waals surface area contributed by atoms with Crippen molar-refractivity contribution in [3.63, 3.8) is 0 Å². The Balaban J connectivity index is 4.30. The lowest BCUT2D eigenvalue weighted by Crippen LogP contribution is -2.53. The number of hydrogen-bond acceptors (Lipinski definition) is 2. The maximum absolute atomic E-state index is 11.6. The number of hydrogen-bond donors (Lipinski definition) is 2. The van der Waals surface area contributed by atoms with Gasteiger partial charge in [0, 0.05) is 5.54 Å². The van der Waals surface area contributed by atoms with Crippen molar-refractivity contribution >= 4 is 5.91 Å². The van der Waals surface area contributed by atoms with Gasteiger partial charge in [0.05, 0.1) is 6.04 Å². The van der Waals surface area contributed by atoms with E-state index in [0.717, 1.165) is 0 Å². The van der Waals surface area contributed by atoms with E-state index in [-0.39, 0.29) is 16.9 Å². The molecule has 1 amide bonds. The highest BCUT2D eigenvalue weighted by Gasteiger charge is 2.29. The summed E-state index contributed by atoms with van der Waals surface area (Å²) >= 11 is 0. The monoisotopic (exact) mass is 186 g/mol. The predicted octanol–water partition coefficient (Wildman–Crippen LogP) is 1.27. The fourth-order valence-electron chi connectivity index (χ4n) is 0.841. The van der Waals surface area contributed by atoms with E-state index in [1.54, 1.807) is 0 Å². The summed E-state index contributed by atoms with van der Waals surface area (Å²) in [6, 6.07) is -0.452. The van der Waals surface area contributed by atoms with Crippen LogP contribution in [0.5, 0.6) is 0 Å². The minimum atomic E-state index is -0.452. The van der Waals surface area contributed by atoms with Crippen LogP contribution < -0.4 is 11.1 Å². The number of amides is 1. The van der Waals surface area contributed by atoms with Gasteiger partial charge in [-0.3, -0.25) is 4.79 Å². The number of nitrogens with one attached hydrogen (secondary N) is 1. The van der Waals surface area contributed by atoms with Crippen molar-refractivity contribution in [1.82, 2.24) is 5.32 Å². The van der Waals surface area contributed by atoms with Crippen LogP contribution in [0.25, 0.3) is 0 Å². The van der Waals surface area contributed by atoms with Crippen LogP contribution in [-0.4, -0.2) is 17.5 Å². The van der Waals surface area contributed by atoms with Crippen molar-refractivity contribution in [1.29, 1.82) is 0 Å². The van der Waals surface area contributed by atoms with Gasteiger partial charge >= 0.3 is 0 Å². The zero-order valence-electron chi connectivity index (χ0n) is 9.56. The van der Waals surface area contributed by atoms with Gasteiger partial charge in [-0.1, -0.05) is 20.8 Å². The average molecular weight is 186 g/mol. The number of carbonyl (C=O) groups excluding carboxylic acids is 1. The number of rotatable bonds is 1. The van der Waals surface area contributed by atoms with Gasteiger partial charge in [0.15, 0.2) is 0 Å². The highest BCUT2D eigenvalue weighted by molar-refractivity contribution is 5.82. The topological polar surface area (TPSA) is 55.1 Å². The van der Waals surface area contributed by atoms with E-state index in [0.29, 0.717) is 0 Å². The summed E-state index contributed by atoms with van der Waals surface area (Å²) in [4.78, 5) is 11.6. The molecule has 0 aliphatic carbocycles. The molecule has 1 atom stereocenters. The van der Waals surface area contributed by atoms with Crippen LogP contribution in [0.1, 0.15) is 41.5 Å². The Bertz CT molecular complexity index is 186. The van der Waals surface area contributed by atoms with Gasteiger partial charge in [-0.2, -0.15) is 0 Å². The molecule has 0 aromatic carbocycles. The van der Waals surface area contributed by atoms with Crippen molar-refractivity contribution in [3.8, 4) is 0 Å². The van der Waals surface area contributed by atoms with Crippen molar-refractivity contribution in [2.75, 3.05) is 0 Å². The summed E-state index contributed by atoms with van der Waals surface area (Å²) in [7, 11) is 0. The first-order chi connectivity index (χ1) is 5.54. The maximum Gasteiger partial charge on any atom is 0.237 e. The molecule has 0 bridgehead atoms. The lowest BCUT2D eigenvalue weighted by atomic mass is 9.86. The largest absolute Gasteiger partial charge is 0.350 e. The van der Waals surface area contributed by atoms with E-state index in [1.807, 2.05) is 41.5 Å². The molecule has 0 saturated heterocycles. The molecule has 0 aromatic heterocycles. The number of nitrogens with two attached hydrogens (primary N) is 1. The Kier molecular flexibility index (Phi) is 3.50. The van der Waals surface area contributed by atoms with Gasteiger partial charge in [-0.25, -0.2) is 0 Å². The normalized spacial score (nSPS) is 15.3. The van der Waals surface area contributed by atoms with Crippen molar-refractivity contribution in [2.45, 2.75) is 53.1 Å². The fourth-order valence-corrected chi connectivity index (χ4v) is 0.841. The van der Waals surface area contributed by atoms with Gasteiger partial charge in [-0.15, -0.1) is 0 Å². The zero-order valence-corrected chi connectivity index (χ0v) is 9.56. The number of carbonyl (C=O) groups is 1. The van der Waals surface area contributed by atoms with Crippen LogP contribution in [0.15, 0.2) is 0 Å². The van der Waals surface area contributed by atoms with Crippen LogP contribution in [0.4, 0.5) is 0 Å². The smallest absolute Gasteiger partial charge is 0.237 e. The van der Waals surface area contributed by atoms with Crippen LogP contribution in [0.2, 0.25) is 0 Å². The van der Waals surface area contributed by atoms with Gasteiger partial charge in [0.25, 0.3) is 0 Å². The zero-order chi connectivity index (χ0) is 10.9. The average Bonchev–Trinajstić information content (AvgIpc) is 1.79. The second-order valence-electron chi connectivity index (χ2n) is 5.58. The summed E-state index contributed by atoms with van der Waals surface area (Å²) in [6.45, 7) is 11.7. The summed E-state index contributed by atoms with van der Waals surface area (Å²) in [5.74, 6) is -0.0833. The molecule has 0 saturated carbocycles. The molecule has 3 N–H and O–H groups in total. The summed E-state index contributed by atoms with van der Waals surface area (Å²) < 4.78 is 0. The highest BCUT2D eigenvalue weighted by atomic mass is 16.2. The first-order valence-electron chi connectivity index (χ1n) is 4.61. The van der Waals surface area contributed by atoms with E-state index < -0.39 is 6.04 Å². The maximum atomic E-state index is 11.6. The molecule has 0 spiro atoms. The van der Waals surface area contributed by atoms with Gasteiger partial charge in [-0.05, 0) is 26.2 Å². The fraction of sp³-hybridized carbons (Fsp3) is 0.900. The molecule has 0 aromatic rings. The Morgan fingerprint density at radius 1 is 1.15 bits per heavy atom. The Morgan fingerprint density at radius 2 is 1.54 bits per heavy atom. The SMILES string of the molecule is CC(C)(C)NC(=O)C(N)C(C)(C)C. The van der Waals surface area contributed by atoms with E-state index >= 15 is 0 Å².